The van der Waals surface area contributed by atoms with Gasteiger partial charge in [-0.3, -0.25) is 9.59 Å². The minimum atomic E-state index is -0.726. The first kappa shape index (κ1) is 23.6. The number of aliphatic hydroxyl groups excluding tert-OH is 1. The second-order valence-corrected chi connectivity index (χ2v) is 8.51. The van der Waals surface area contributed by atoms with Crippen molar-refractivity contribution >= 4 is 17.4 Å². The van der Waals surface area contributed by atoms with E-state index in [0.717, 1.165) is 6.54 Å². The largest absolute Gasteiger partial charge is 0.507 e. The average molecular weight is 467 g/mol. The zero-order chi connectivity index (χ0) is 24.2. The molecule has 0 radical (unpaired) electrons. The van der Waals surface area contributed by atoms with Gasteiger partial charge in [-0.1, -0.05) is 12.1 Å². The molecule has 4 rings (SSSR count). The maximum atomic E-state index is 13.2. The van der Waals surface area contributed by atoms with Crippen molar-refractivity contribution in [2.24, 2.45) is 0 Å². The van der Waals surface area contributed by atoms with Gasteiger partial charge in [-0.05, 0) is 69.9 Å². The molecule has 2 heterocycles. The molecule has 1 saturated heterocycles. The van der Waals surface area contributed by atoms with Crippen molar-refractivity contribution in [1.82, 2.24) is 9.80 Å². The van der Waals surface area contributed by atoms with Crippen molar-refractivity contribution in [1.29, 1.82) is 0 Å². The summed E-state index contributed by atoms with van der Waals surface area (Å²) in [5.74, 6) is 0.141. The van der Waals surface area contributed by atoms with Gasteiger partial charge in [0, 0.05) is 12.1 Å². The number of ketones is 1. The minimum absolute atomic E-state index is 0.0557. The maximum Gasteiger partial charge on any atom is 0.295 e. The highest BCUT2D eigenvalue weighted by Crippen LogP contribution is 2.41. The van der Waals surface area contributed by atoms with E-state index in [1.807, 2.05) is 50.2 Å². The van der Waals surface area contributed by atoms with Crippen LogP contribution >= 0.6 is 0 Å². The molecule has 0 bridgehead atoms. The Balaban J connectivity index is 1.79. The van der Waals surface area contributed by atoms with Crippen molar-refractivity contribution in [2.45, 2.75) is 19.4 Å². The molecule has 1 fully saturated rings. The molecule has 2 aromatic rings. The Kier molecular flexibility index (Phi) is 7.07. The fourth-order valence-electron chi connectivity index (χ4n) is 4.30. The van der Waals surface area contributed by atoms with Gasteiger partial charge in [0.25, 0.3) is 11.7 Å². The molecule has 0 aliphatic carbocycles. The molecule has 1 atom stereocenters. The fourth-order valence-corrected chi connectivity index (χ4v) is 4.30. The van der Waals surface area contributed by atoms with E-state index in [4.69, 9.17) is 14.2 Å². The number of amides is 1. The summed E-state index contributed by atoms with van der Waals surface area (Å²) >= 11 is 0. The topological polar surface area (TPSA) is 88.5 Å². The first-order valence-electron chi connectivity index (χ1n) is 11.5. The lowest BCUT2D eigenvalue weighted by Crippen LogP contribution is -2.32. The van der Waals surface area contributed by atoms with E-state index < -0.39 is 17.7 Å². The molecule has 2 aromatic carbocycles. The summed E-state index contributed by atoms with van der Waals surface area (Å²) in [6, 6.07) is 11.6. The third-order valence-corrected chi connectivity index (χ3v) is 5.84. The number of benzene rings is 2. The molecule has 1 amide bonds. The number of aliphatic hydroxyl groups is 1. The van der Waals surface area contributed by atoms with Gasteiger partial charge in [-0.25, -0.2) is 0 Å². The van der Waals surface area contributed by atoms with Gasteiger partial charge >= 0.3 is 0 Å². The Bertz CT molecular complexity index is 1110. The molecule has 1 N–H and O–H groups in total. The third kappa shape index (κ3) is 4.72. The van der Waals surface area contributed by atoms with E-state index in [0.29, 0.717) is 61.2 Å². The van der Waals surface area contributed by atoms with Gasteiger partial charge in [0.05, 0.1) is 18.2 Å². The van der Waals surface area contributed by atoms with Crippen molar-refractivity contribution < 1.29 is 28.9 Å². The highest BCUT2D eigenvalue weighted by Gasteiger charge is 2.46. The number of fused-ring (bicyclic) bond motifs is 1. The Morgan fingerprint density at radius 2 is 1.88 bits per heavy atom. The van der Waals surface area contributed by atoms with Crippen LogP contribution in [0.5, 0.6) is 17.2 Å². The van der Waals surface area contributed by atoms with Gasteiger partial charge in [0.2, 0.25) is 0 Å². The van der Waals surface area contributed by atoms with E-state index >= 15 is 0 Å². The van der Waals surface area contributed by atoms with E-state index in [2.05, 4.69) is 0 Å². The highest BCUT2D eigenvalue weighted by atomic mass is 16.6. The monoisotopic (exact) mass is 466 g/mol. The van der Waals surface area contributed by atoms with E-state index in [9.17, 15) is 14.7 Å². The predicted octanol–water partition coefficient (Wildman–Crippen LogP) is 3.23. The molecule has 180 valence electrons. The SMILES string of the molecule is CCOc1cccc(C2/C(=C(\O)c3ccc4c(c3)OCCO4)C(=O)C(=O)N2CCCN(C)C)c1. The second-order valence-electron chi connectivity index (χ2n) is 8.51. The smallest absolute Gasteiger partial charge is 0.295 e. The molecular weight excluding hydrogens is 436 g/mol. The summed E-state index contributed by atoms with van der Waals surface area (Å²) in [5.41, 5.74) is 1.15. The molecule has 34 heavy (non-hydrogen) atoms. The van der Waals surface area contributed by atoms with Gasteiger partial charge in [-0.2, -0.15) is 0 Å². The van der Waals surface area contributed by atoms with Crippen LogP contribution in [0, 0.1) is 0 Å². The second kappa shape index (κ2) is 10.2. The standard InChI is InChI=1S/C26H30N2O6/c1-4-32-19-8-5-7-17(15-19)23-22(25(30)26(31)28(23)12-6-11-27(2)3)24(29)18-9-10-20-21(16-18)34-14-13-33-20/h5,7-10,15-16,23,29H,4,6,11-14H2,1-3H3/b24-22+. The zero-order valence-electron chi connectivity index (χ0n) is 19.7. The first-order valence-corrected chi connectivity index (χ1v) is 11.5. The maximum absolute atomic E-state index is 13.2. The van der Waals surface area contributed by atoms with Crippen LogP contribution in [-0.2, 0) is 9.59 Å². The Labute approximate surface area is 199 Å². The van der Waals surface area contributed by atoms with Crippen LogP contribution in [0.25, 0.3) is 5.76 Å². The van der Waals surface area contributed by atoms with Crippen molar-refractivity contribution in [3.63, 3.8) is 0 Å². The number of Topliss-reactive ketones (excluding diaryl/α,β-unsaturated/α-hetero) is 1. The number of hydrogen-bond acceptors (Lipinski definition) is 7. The quantitative estimate of drug-likeness (QED) is 0.363. The fraction of sp³-hybridized carbons (Fsp3) is 0.385. The molecule has 8 heteroatoms. The van der Waals surface area contributed by atoms with Crippen molar-refractivity contribution in [3.05, 3.63) is 59.2 Å². The number of carbonyl (C=O) groups excluding carboxylic acids is 2. The molecule has 2 aliphatic rings. The Hall–Kier alpha value is -3.52. The van der Waals surface area contributed by atoms with Crippen LogP contribution in [-0.4, -0.2) is 73.6 Å². The lowest BCUT2D eigenvalue weighted by molar-refractivity contribution is -0.139. The van der Waals surface area contributed by atoms with Gasteiger partial charge in [0.1, 0.15) is 24.7 Å². The summed E-state index contributed by atoms with van der Waals surface area (Å²) in [7, 11) is 3.91. The minimum Gasteiger partial charge on any atom is -0.507 e. The Morgan fingerprint density at radius 1 is 1.12 bits per heavy atom. The van der Waals surface area contributed by atoms with Crippen molar-refractivity contribution in [3.8, 4) is 17.2 Å². The van der Waals surface area contributed by atoms with Crippen molar-refractivity contribution in [2.75, 3.05) is 47.0 Å². The molecule has 2 aliphatic heterocycles. The van der Waals surface area contributed by atoms with Crippen LogP contribution < -0.4 is 14.2 Å². The van der Waals surface area contributed by atoms with E-state index in [1.165, 1.54) is 0 Å². The number of rotatable bonds is 8. The van der Waals surface area contributed by atoms with Crippen LogP contribution in [0.3, 0.4) is 0 Å². The van der Waals surface area contributed by atoms with Crippen LogP contribution in [0.2, 0.25) is 0 Å². The summed E-state index contributed by atoms with van der Waals surface area (Å²) in [4.78, 5) is 29.9. The molecule has 1 unspecified atom stereocenters. The Morgan fingerprint density at radius 3 is 2.62 bits per heavy atom. The molecule has 0 spiro atoms. The lowest BCUT2D eigenvalue weighted by Gasteiger charge is -2.26. The normalized spacial score (nSPS) is 19.1. The van der Waals surface area contributed by atoms with Crippen LogP contribution in [0.15, 0.2) is 48.0 Å². The summed E-state index contributed by atoms with van der Waals surface area (Å²) in [6.07, 6.45) is 0.686. The zero-order valence-corrected chi connectivity index (χ0v) is 19.7. The van der Waals surface area contributed by atoms with Crippen LogP contribution in [0.4, 0.5) is 0 Å². The van der Waals surface area contributed by atoms with Gasteiger partial charge in [-0.15, -0.1) is 0 Å². The lowest BCUT2D eigenvalue weighted by atomic mass is 9.95. The number of carbonyl (C=O) groups is 2. The molecule has 0 aromatic heterocycles. The number of ether oxygens (including phenoxy) is 3. The van der Waals surface area contributed by atoms with Crippen LogP contribution in [0.1, 0.15) is 30.5 Å². The van der Waals surface area contributed by atoms with E-state index in [-0.39, 0.29) is 11.3 Å². The van der Waals surface area contributed by atoms with E-state index in [1.54, 1.807) is 23.1 Å². The highest BCUT2D eigenvalue weighted by molar-refractivity contribution is 6.46. The summed E-state index contributed by atoms with van der Waals surface area (Å²) in [5, 5.41) is 11.3. The number of nitrogens with zero attached hydrogens (tertiary/aromatic N) is 2. The van der Waals surface area contributed by atoms with Gasteiger partial charge in [0.15, 0.2) is 11.5 Å². The number of hydrogen-bond donors (Lipinski definition) is 1. The molecular formula is C26H30N2O6. The predicted molar refractivity (Wildman–Crippen MR) is 127 cm³/mol. The number of likely N-dealkylation sites (tertiary alicyclic amines) is 1. The summed E-state index contributed by atoms with van der Waals surface area (Å²) in [6.45, 7) is 4.37. The molecule has 0 saturated carbocycles. The molecule has 8 nitrogen and oxygen atoms in total. The van der Waals surface area contributed by atoms with Gasteiger partial charge < -0.3 is 29.1 Å². The summed E-state index contributed by atoms with van der Waals surface area (Å²) < 4.78 is 16.8. The third-order valence-electron chi connectivity index (χ3n) is 5.84. The first-order chi connectivity index (χ1) is 16.4. The average Bonchev–Trinajstić information content (AvgIpc) is 3.08.